The van der Waals surface area contributed by atoms with E-state index >= 15 is 0 Å². The van der Waals surface area contributed by atoms with Crippen LogP contribution in [0.1, 0.15) is 25.0 Å². The largest absolute Gasteiger partial charge is 0.253 e. The summed E-state index contributed by atoms with van der Waals surface area (Å²) in [6.07, 6.45) is 1.27. The molecule has 0 fully saturated rings. The van der Waals surface area contributed by atoms with Gasteiger partial charge >= 0.3 is 0 Å². The zero-order chi connectivity index (χ0) is 11.4. The number of hydrogen-bond acceptors (Lipinski definition) is 1. The summed E-state index contributed by atoms with van der Waals surface area (Å²) in [4.78, 5) is 4.01. The second kappa shape index (κ2) is 4.87. The fourth-order valence-corrected chi connectivity index (χ4v) is 1.41. The van der Waals surface area contributed by atoms with Crippen LogP contribution >= 0.6 is 0 Å². The number of halogens is 1. The van der Waals surface area contributed by atoms with Crippen LogP contribution in [0.15, 0.2) is 24.4 Å². The van der Waals surface area contributed by atoms with E-state index in [1.54, 1.807) is 6.92 Å². The van der Waals surface area contributed by atoms with E-state index in [-0.39, 0.29) is 5.82 Å². The lowest BCUT2D eigenvalue weighted by Gasteiger charge is -2.02. The molecule has 0 bridgehead atoms. The summed E-state index contributed by atoms with van der Waals surface area (Å²) in [7, 11) is 0. The lowest BCUT2D eigenvalue weighted by Crippen LogP contribution is -1.88. The Morgan fingerprint density at radius 2 is 1.80 bits per heavy atom. The van der Waals surface area contributed by atoms with Crippen LogP contribution in [0.2, 0.25) is 0 Å². The van der Waals surface area contributed by atoms with Crippen LogP contribution in [-0.4, -0.2) is 4.98 Å². The number of aryl methyl sites for hydroxylation is 2. The lowest BCUT2D eigenvalue weighted by atomic mass is 10.1. The van der Waals surface area contributed by atoms with Crippen molar-refractivity contribution in [3.8, 4) is 0 Å². The number of benzene rings is 1. The molecule has 0 spiro atoms. The van der Waals surface area contributed by atoms with Gasteiger partial charge in [-0.15, -0.1) is 0 Å². The van der Waals surface area contributed by atoms with E-state index in [9.17, 15) is 4.39 Å². The van der Waals surface area contributed by atoms with Crippen molar-refractivity contribution in [2.45, 2.75) is 27.7 Å². The van der Waals surface area contributed by atoms with Crippen molar-refractivity contribution in [3.63, 3.8) is 0 Å². The lowest BCUT2D eigenvalue weighted by molar-refractivity contribution is 0.615. The second-order valence-corrected chi connectivity index (χ2v) is 3.25. The molecule has 0 saturated carbocycles. The third-order valence-corrected chi connectivity index (χ3v) is 2.23. The summed E-state index contributed by atoms with van der Waals surface area (Å²) in [5, 5.41) is 0.903. The first-order chi connectivity index (χ1) is 7.18. The standard InChI is InChI=1S/C11H10FN.C2H6/c1-7-3-4-11-9(5-7)8(2)10(12)6-13-11;1-2/h3-6H,1-2H3;1-2H3. The summed E-state index contributed by atoms with van der Waals surface area (Å²) >= 11 is 0. The van der Waals surface area contributed by atoms with Gasteiger partial charge in [-0.05, 0) is 31.5 Å². The van der Waals surface area contributed by atoms with E-state index in [2.05, 4.69) is 4.98 Å². The predicted octanol–water partition coefficient (Wildman–Crippen LogP) is 4.02. The minimum atomic E-state index is -0.238. The van der Waals surface area contributed by atoms with Gasteiger partial charge in [0.05, 0.1) is 11.7 Å². The maximum Gasteiger partial charge on any atom is 0.145 e. The third kappa shape index (κ3) is 2.32. The van der Waals surface area contributed by atoms with Crippen molar-refractivity contribution in [1.29, 1.82) is 0 Å². The van der Waals surface area contributed by atoms with Gasteiger partial charge in [-0.3, -0.25) is 4.98 Å². The molecule has 1 heterocycles. The maximum atomic E-state index is 13.1. The number of pyridine rings is 1. The van der Waals surface area contributed by atoms with Crippen molar-refractivity contribution < 1.29 is 4.39 Å². The topological polar surface area (TPSA) is 12.9 Å². The van der Waals surface area contributed by atoms with E-state index < -0.39 is 0 Å². The number of rotatable bonds is 0. The van der Waals surface area contributed by atoms with Crippen LogP contribution in [0.3, 0.4) is 0 Å². The van der Waals surface area contributed by atoms with E-state index in [1.165, 1.54) is 6.20 Å². The van der Waals surface area contributed by atoms with E-state index in [4.69, 9.17) is 0 Å². The van der Waals surface area contributed by atoms with Crippen molar-refractivity contribution in [2.75, 3.05) is 0 Å². The van der Waals surface area contributed by atoms with Gasteiger partial charge in [0.2, 0.25) is 0 Å². The monoisotopic (exact) mass is 205 g/mol. The van der Waals surface area contributed by atoms with Crippen LogP contribution in [0.25, 0.3) is 10.9 Å². The first-order valence-corrected chi connectivity index (χ1v) is 5.20. The van der Waals surface area contributed by atoms with Crippen molar-refractivity contribution in [1.82, 2.24) is 4.98 Å². The fourth-order valence-electron chi connectivity index (χ4n) is 1.41. The van der Waals surface area contributed by atoms with Gasteiger partial charge in [0.15, 0.2) is 0 Å². The van der Waals surface area contributed by atoms with Crippen LogP contribution in [0.4, 0.5) is 4.39 Å². The SMILES string of the molecule is CC.Cc1ccc2ncc(F)c(C)c2c1. The number of aromatic nitrogens is 1. The van der Waals surface area contributed by atoms with Crippen LogP contribution < -0.4 is 0 Å². The van der Waals surface area contributed by atoms with Gasteiger partial charge in [0.1, 0.15) is 5.82 Å². The quantitative estimate of drug-likeness (QED) is 0.633. The Hall–Kier alpha value is -1.44. The molecule has 80 valence electrons. The molecule has 15 heavy (non-hydrogen) atoms. The second-order valence-electron chi connectivity index (χ2n) is 3.25. The highest BCUT2D eigenvalue weighted by Crippen LogP contribution is 2.19. The van der Waals surface area contributed by atoms with Crippen molar-refractivity contribution in [3.05, 3.63) is 41.3 Å². The molecule has 2 rings (SSSR count). The Bertz CT molecular complexity index is 458. The van der Waals surface area contributed by atoms with E-state index in [1.807, 2.05) is 39.0 Å². The van der Waals surface area contributed by atoms with Gasteiger partial charge in [-0.1, -0.05) is 25.5 Å². The zero-order valence-electron chi connectivity index (χ0n) is 9.63. The van der Waals surface area contributed by atoms with Gasteiger partial charge in [0, 0.05) is 5.39 Å². The Morgan fingerprint density at radius 3 is 2.47 bits per heavy atom. The molecule has 0 saturated heterocycles. The molecule has 2 heteroatoms. The molecule has 0 aliphatic heterocycles. The smallest absolute Gasteiger partial charge is 0.145 e. The highest BCUT2D eigenvalue weighted by Gasteiger charge is 2.03. The fraction of sp³-hybridized carbons (Fsp3) is 0.308. The molecule has 0 atom stereocenters. The Kier molecular flexibility index (Phi) is 3.78. The van der Waals surface area contributed by atoms with Crippen LogP contribution in [-0.2, 0) is 0 Å². The molecule has 0 aliphatic carbocycles. The molecule has 1 aromatic carbocycles. The normalized spacial score (nSPS) is 9.67. The van der Waals surface area contributed by atoms with Crippen LogP contribution in [0.5, 0.6) is 0 Å². The van der Waals surface area contributed by atoms with Gasteiger partial charge in [-0.2, -0.15) is 0 Å². The van der Waals surface area contributed by atoms with Crippen molar-refractivity contribution in [2.24, 2.45) is 0 Å². The molecular formula is C13H16FN. The van der Waals surface area contributed by atoms with Crippen LogP contribution in [0, 0.1) is 19.7 Å². The summed E-state index contributed by atoms with van der Waals surface area (Å²) in [6.45, 7) is 7.77. The van der Waals surface area contributed by atoms with E-state index in [0.29, 0.717) is 5.56 Å². The third-order valence-electron chi connectivity index (χ3n) is 2.23. The van der Waals surface area contributed by atoms with Gasteiger partial charge in [-0.25, -0.2) is 4.39 Å². The predicted molar refractivity (Wildman–Crippen MR) is 62.5 cm³/mol. The summed E-state index contributed by atoms with van der Waals surface area (Å²) in [5.74, 6) is -0.238. The average Bonchev–Trinajstić information content (AvgIpc) is 2.27. The molecule has 0 amide bonds. The molecule has 0 radical (unpaired) electrons. The Balaban J connectivity index is 0.000000531. The number of nitrogens with zero attached hydrogens (tertiary/aromatic N) is 1. The van der Waals surface area contributed by atoms with Gasteiger partial charge < -0.3 is 0 Å². The first kappa shape index (κ1) is 11.6. The Morgan fingerprint density at radius 1 is 1.13 bits per heavy atom. The summed E-state index contributed by atoms with van der Waals surface area (Å²) in [6, 6.07) is 5.85. The number of fused-ring (bicyclic) bond motifs is 1. The highest BCUT2D eigenvalue weighted by atomic mass is 19.1. The van der Waals surface area contributed by atoms with Gasteiger partial charge in [0.25, 0.3) is 0 Å². The van der Waals surface area contributed by atoms with Crippen molar-refractivity contribution >= 4 is 10.9 Å². The maximum absolute atomic E-state index is 13.1. The Labute approximate surface area is 90.0 Å². The minimum Gasteiger partial charge on any atom is -0.253 e. The molecule has 1 nitrogen and oxygen atoms in total. The zero-order valence-corrected chi connectivity index (χ0v) is 9.63. The average molecular weight is 205 g/mol. The number of hydrogen-bond donors (Lipinski definition) is 0. The molecule has 0 N–H and O–H groups in total. The first-order valence-electron chi connectivity index (χ1n) is 5.20. The molecular weight excluding hydrogens is 189 g/mol. The summed E-state index contributed by atoms with van der Waals surface area (Å²) < 4.78 is 13.1. The minimum absolute atomic E-state index is 0.238. The highest BCUT2D eigenvalue weighted by molar-refractivity contribution is 5.82. The van der Waals surface area contributed by atoms with E-state index in [0.717, 1.165) is 16.5 Å². The summed E-state index contributed by atoms with van der Waals surface area (Å²) in [5.41, 5.74) is 2.65. The molecule has 0 unspecified atom stereocenters. The molecule has 0 aliphatic rings. The molecule has 1 aromatic heterocycles. The molecule has 2 aromatic rings.